The molecule has 0 aromatic heterocycles. The molecule has 2 nitrogen and oxygen atoms in total. The first-order valence-corrected chi connectivity index (χ1v) is 6.77. The average molecular weight is 233 g/mol. The third-order valence-electron chi connectivity index (χ3n) is 3.56. The molecular formula is C15H23NO. The second-order valence-corrected chi connectivity index (χ2v) is 4.99. The Kier molecular flexibility index (Phi) is 5.02. The smallest absolute Gasteiger partial charge is 0.0730 e. The van der Waals surface area contributed by atoms with Crippen LogP contribution in [0, 0.1) is 0 Å². The van der Waals surface area contributed by atoms with Gasteiger partial charge in [-0.05, 0) is 18.4 Å². The predicted octanol–water partition coefficient (Wildman–Crippen LogP) is 3.25. The van der Waals surface area contributed by atoms with E-state index in [1.54, 1.807) is 0 Å². The van der Waals surface area contributed by atoms with Crippen LogP contribution in [0.15, 0.2) is 30.3 Å². The van der Waals surface area contributed by atoms with Crippen LogP contribution in [0.25, 0.3) is 0 Å². The van der Waals surface area contributed by atoms with Crippen molar-refractivity contribution in [1.82, 2.24) is 0 Å². The third kappa shape index (κ3) is 4.14. The molecular weight excluding hydrogens is 210 g/mol. The fraction of sp³-hybridized carbons (Fsp3) is 0.600. The Balaban J connectivity index is 1.83. The zero-order chi connectivity index (χ0) is 11.9. The molecule has 0 heterocycles. The molecule has 2 unspecified atom stereocenters. The molecule has 1 aromatic rings. The van der Waals surface area contributed by atoms with Gasteiger partial charge in [0, 0.05) is 6.04 Å². The van der Waals surface area contributed by atoms with Gasteiger partial charge in [0.05, 0.1) is 12.7 Å². The first kappa shape index (κ1) is 12.6. The molecule has 2 heteroatoms. The summed E-state index contributed by atoms with van der Waals surface area (Å²) in [5, 5.41) is 0. The highest BCUT2D eigenvalue weighted by Crippen LogP contribution is 2.20. The van der Waals surface area contributed by atoms with Crippen LogP contribution >= 0.6 is 0 Å². The van der Waals surface area contributed by atoms with Crippen molar-refractivity contribution in [3.8, 4) is 0 Å². The van der Waals surface area contributed by atoms with Crippen LogP contribution in [0.5, 0.6) is 0 Å². The lowest BCUT2D eigenvalue weighted by Crippen LogP contribution is -2.37. The first-order valence-electron chi connectivity index (χ1n) is 6.77. The van der Waals surface area contributed by atoms with Crippen molar-refractivity contribution in [2.24, 2.45) is 5.73 Å². The SMILES string of the molecule is NC1CCCCCCC1OCc1ccccc1. The molecule has 2 atom stereocenters. The lowest BCUT2D eigenvalue weighted by molar-refractivity contribution is 0.0115. The molecule has 0 radical (unpaired) electrons. The monoisotopic (exact) mass is 233 g/mol. The maximum absolute atomic E-state index is 6.19. The van der Waals surface area contributed by atoms with Crippen molar-refractivity contribution in [3.63, 3.8) is 0 Å². The molecule has 17 heavy (non-hydrogen) atoms. The van der Waals surface area contributed by atoms with Crippen molar-refractivity contribution >= 4 is 0 Å². The number of hydrogen-bond acceptors (Lipinski definition) is 2. The Morgan fingerprint density at radius 1 is 1.00 bits per heavy atom. The molecule has 0 amide bonds. The predicted molar refractivity (Wildman–Crippen MR) is 70.7 cm³/mol. The normalized spacial score (nSPS) is 26.2. The topological polar surface area (TPSA) is 35.2 Å². The lowest BCUT2D eigenvalue weighted by Gasteiger charge is -2.26. The van der Waals surface area contributed by atoms with Gasteiger partial charge in [0.25, 0.3) is 0 Å². The van der Waals surface area contributed by atoms with Crippen LogP contribution in [0.3, 0.4) is 0 Å². The van der Waals surface area contributed by atoms with Gasteiger partial charge >= 0.3 is 0 Å². The number of benzene rings is 1. The minimum Gasteiger partial charge on any atom is -0.372 e. The maximum atomic E-state index is 6.19. The fourth-order valence-electron chi connectivity index (χ4n) is 2.46. The fourth-order valence-corrected chi connectivity index (χ4v) is 2.46. The summed E-state index contributed by atoms with van der Waals surface area (Å²) in [4.78, 5) is 0. The van der Waals surface area contributed by atoms with Gasteiger partial charge in [-0.25, -0.2) is 0 Å². The van der Waals surface area contributed by atoms with Crippen molar-refractivity contribution in [1.29, 1.82) is 0 Å². The van der Waals surface area contributed by atoms with E-state index in [0.29, 0.717) is 6.61 Å². The van der Waals surface area contributed by atoms with Crippen LogP contribution < -0.4 is 5.73 Å². The second-order valence-electron chi connectivity index (χ2n) is 4.99. The number of nitrogens with two attached hydrogens (primary N) is 1. The number of hydrogen-bond donors (Lipinski definition) is 1. The van der Waals surface area contributed by atoms with Crippen molar-refractivity contribution < 1.29 is 4.74 Å². The average Bonchev–Trinajstić information content (AvgIpc) is 2.35. The first-order chi connectivity index (χ1) is 8.36. The molecule has 0 bridgehead atoms. The molecule has 1 saturated carbocycles. The van der Waals surface area contributed by atoms with E-state index in [1.165, 1.54) is 31.2 Å². The maximum Gasteiger partial charge on any atom is 0.0730 e. The van der Waals surface area contributed by atoms with Gasteiger partial charge in [0.2, 0.25) is 0 Å². The largest absolute Gasteiger partial charge is 0.372 e. The Morgan fingerprint density at radius 3 is 2.47 bits per heavy atom. The van der Waals surface area contributed by atoms with Gasteiger partial charge in [-0.15, -0.1) is 0 Å². The second kappa shape index (κ2) is 6.77. The van der Waals surface area contributed by atoms with E-state index in [0.717, 1.165) is 12.8 Å². The summed E-state index contributed by atoms with van der Waals surface area (Å²) in [5.41, 5.74) is 7.43. The summed E-state index contributed by atoms with van der Waals surface area (Å²) >= 11 is 0. The minimum absolute atomic E-state index is 0.221. The number of ether oxygens (including phenoxy) is 1. The van der Waals surface area contributed by atoms with E-state index in [9.17, 15) is 0 Å². The van der Waals surface area contributed by atoms with Crippen molar-refractivity contribution in [2.75, 3.05) is 0 Å². The van der Waals surface area contributed by atoms with Gasteiger partial charge in [-0.2, -0.15) is 0 Å². The highest BCUT2D eigenvalue weighted by Gasteiger charge is 2.19. The third-order valence-corrected chi connectivity index (χ3v) is 3.56. The molecule has 0 spiro atoms. The van der Waals surface area contributed by atoms with E-state index in [4.69, 9.17) is 10.5 Å². The lowest BCUT2D eigenvalue weighted by atomic mass is 9.95. The van der Waals surface area contributed by atoms with Crippen LogP contribution in [0.1, 0.15) is 44.1 Å². The molecule has 1 aliphatic rings. The molecule has 1 fully saturated rings. The highest BCUT2D eigenvalue weighted by molar-refractivity contribution is 5.13. The van der Waals surface area contributed by atoms with Gasteiger partial charge in [-0.3, -0.25) is 0 Å². The van der Waals surface area contributed by atoms with Crippen LogP contribution in [0.2, 0.25) is 0 Å². The summed E-state index contributed by atoms with van der Waals surface area (Å²) in [6.07, 6.45) is 7.65. The molecule has 94 valence electrons. The van der Waals surface area contributed by atoms with E-state index in [-0.39, 0.29) is 12.1 Å². The van der Waals surface area contributed by atoms with E-state index >= 15 is 0 Å². The van der Waals surface area contributed by atoms with Gasteiger partial charge in [0.15, 0.2) is 0 Å². The van der Waals surface area contributed by atoms with E-state index in [2.05, 4.69) is 24.3 Å². The molecule has 2 rings (SSSR count). The Bertz CT molecular complexity index is 312. The molecule has 1 aliphatic carbocycles. The van der Waals surface area contributed by atoms with Crippen LogP contribution in [0.4, 0.5) is 0 Å². The highest BCUT2D eigenvalue weighted by atomic mass is 16.5. The molecule has 0 aliphatic heterocycles. The summed E-state index contributed by atoms with van der Waals surface area (Å²) in [6, 6.07) is 10.6. The summed E-state index contributed by atoms with van der Waals surface area (Å²) in [7, 11) is 0. The summed E-state index contributed by atoms with van der Waals surface area (Å²) < 4.78 is 5.99. The summed E-state index contributed by atoms with van der Waals surface area (Å²) in [6.45, 7) is 0.694. The van der Waals surface area contributed by atoms with Gasteiger partial charge in [-0.1, -0.05) is 56.0 Å². The zero-order valence-corrected chi connectivity index (χ0v) is 10.5. The zero-order valence-electron chi connectivity index (χ0n) is 10.5. The standard InChI is InChI=1S/C15H23NO/c16-14-10-6-1-2-7-11-15(14)17-12-13-8-4-3-5-9-13/h3-5,8-9,14-15H,1-2,6-7,10-12,16H2. The molecule has 1 aromatic carbocycles. The Hall–Kier alpha value is -0.860. The van der Waals surface area contributed by atoms with Gasteiger partial charge in [0.1, 0.15) is 0 Å². The minimum atomic E-state index is 0.221. The van der Waals surface area contributed by atoms with Crippen molar-refractivity contribution in [2.45, 2.75) is 57.3 Å². The summed E-state index contributed by atoms with van der Waals surface area (Å²) in [5.74, 6) is 0. The van der Waals surface area contributed by atoms with Gasteiger partial charge < -0.3 is 10.5 Å². The number of rotatable bonds is 3. The van der Waals surface area contributed by atoms with Crippen molar-refractivity contribution in [3.05, 3.63) is 35.9 Å². The quantitative estimate of drug-likeness (QED) is 0.869. The Labute approximate surface area is 104 Å². The van der Waals surface area contributed by atoms with E-state index in [1.807, 2.05) is 6.07 Å². The van der Waals surface area contributed by atoms with Crippen LogP contribution in [-0.4, -0.2) is 12.1 Å². The van der Waals surface area contributed by atoms with Crippen LogP contribution in [-0.2, 0) is 11.3 Å². The Morgan fingerprint density at radius 2 is 1.71 bits per heavy atom. The van der Waals surface area contributed by atoms with E-state index < -0.39 is 0 Å². The molecule has 2 N–H and O–H groups in total. The molecule has 0 saturated heterocycles.